The van der Waals surface area contributed by atoms with Crippen LogP contribution in [0.5, 0.6) is 11.5 Å². The molecule has 0 bridgehead atoms. The molecule has 36 heavy (non-hydrogen) atoms. The molecule has 1 aliphatic carbocycles. The summed E-state index contributed by atoms with van der Waals surface area (Å²) < 4.78 is 41.3. The second kappa shape index (κ2) is 11.0. The smallest absolute Gasteiger partial charge is 0.406 e. The van der Waals surface area contributed by atoms with Gasteiger partial charge in [-0.2, -0.15) is 0 Å². The number of benzene rings is 3. The molecule has 0 fully saturated rings. The van der Waals surface area contributed by atoms with Crippen LogP contribution in [0, 0.1) is 13.8 Å². The molecule has 3 aromatic carbocycles. The fourth-order valence-electron chi connectivity index (χ4n) is 4.09. The molecule has 3 aromatic rings. The Balaban J connectivity index is 1.31. The molecular formula is C28H25F3N2O2S. The first-order valence-corrected chi connectivity index (χ1v) is 11.9. The van der Waals surface area contributed by atoms with Gasteiger partial charge in [0.15, 0.2) is 5.75 Å². The number of aryl methyl sites for hydroxylation is 3. The van der Waals surface area contributed by atoms with Gasteiger partial charge in [0.2, 0.25) is 0 Å². The van der Waals surface area contributed by atoms with E-state index in [9.17, 15) is 13.2 Å². The standard InChI is InChI=1S/C28H25F3N2O2S/c1-18-4-3-5-19(2)26(18)15-24(36)17-32-16-20-6-9-22(10-7-20)35-33-27-13-8-21-14-23(11-12-25(21)27)34-28(29,30)31/h3-7,9-12,14,16H,8,13,15,17H2,1-2H3/b32-16?,33-27+. The Bertz CT molecular complexity index is 1300. The summed E-state index contributed by atoms with van der Waals surface area (Å²) in [5, 5.41) is 4.21. The third kappa shape index (κ3) is 6.79. The largest absolute Gasteiger partial charge is 0.573 e. The molecule has 0 radical (unpaired) electrons. The molecule has 4 rings (SSSR count). The predicted molar refractivity (Wildman–Crippen MR) is 140 cm³/mol. The maximum atomic E-state index is 12.4. The topological polar surface area (TPSA) is 43.2 Å². The summed E-state index contributed by atoms with van der Waals surface area (Å²) in [7, 11) is 0. The molecule has 0 aliphatic heterocycles. The highest BCUT2D eigenvalue weighted by molar-refractivity contribution is 7.80. The van der Waals surface area contributed by atoms with E-state index >= 15 is 0 Å². The highest BCUT2D eigenvalue weighted by Gasteiger charge is 2.31. The van der Waals surface area contributed by atoms with Gasteiger partial charge in [-0.05, 0) is 97.0 Å². The van der Waals surface area contributed by atoms with Gasteiger partial charge in [0.05, 0.1) is 12.3 Å². The van der Waals surface area contributed by atoms with Gasteiger partial charge in [-0.3, -0.25) is 4.99 Å². The van der Waals surface area contributed by atoms with Crippen molar-refractivity contribution in [2.75, 3.05) is 6.54 Å². The second-order valence-electron chi connectivity index (χ2n) is 8.62. The Hall–Kier alpha value is -3.52. The minimum absolute atomic E-state index is 0.230. The van der Waals surface area contributed by atoms with Gasteiger partial charge in [0.25, 0.3) is 0 Å². The number of halogens is 3. The Morgan fingerprint density at radius 2 is 1.67 bits per heavy atom. The predicted octanol–water partition coefficient (Wildman–Crippen LogP) is 6.96. The quantitative estimate of drug-likeness (QED) is 0.187. The normalized spacial score (nSPS) is 14.3. The maximum absolute atomic E-state index is 12.4. The summed E-state index contributed by atoms with van der Waals surface area (Å²) in [4.78, 5) is 10.9. The van der Waals surface area contributed by atoms with Crippen LogP contribution < -0.4 is 9.57 Å². The number of rotatable bonds is 8. The number of ether oxygens (including phenoxy) is 1. The highest BCUT2D eigenvalue weighted by atomic mass is 32.1. The van der Waals surface area contributed by atoms with Crippen LogP contribution in [0.25, 0.3) is 0 Å². The van der Waals surface area contributed by atoms with E-state index in [2.05, 4.69) is 40.9 Å². The van der Waals surface area contributed by atoms with Gasteiger partial charge in [0.1, 0.15) is 5.75 Å². The summed E-state index contributed by atoms with van der Waals surface area (Å²) in [6.45, 7) is 4.67. The summed E-state index contributed by atoms with van der Waals surface area (Å²) in [6, 6.07) is 17.8. The maximum Gasteiger partial charge on any atom is 0.573 e. The molecule has 8 heteroatoms. The van der Waals surface area contributed by atoms with Gasteiger partial charge in [-0.15, -0.1) is 13.2 Å². The molecule has 0 N–H and O–H groups in total. The number of oxime groups is 1. The van der Waals surface area contributed by atoms with Crippen LogP contribution in [0.3, 0.4) is 0 Å². The number of thiocarbonyl (C=S) groups is 1. The van der Waals surface area contributed by atoms with Crippen LogP contribution in [0.4, 0.5) is 13.2 Å². The molecule has 4 nitrogen and oxygen atoms in total. The van der Waals surface area contributed by atoms with E-state index < -0.39 is 6.36 Å². The van der Waals surface area contributed by atoms with Crippen molar-refractivity contribution in [3.05, 3.63) is 94.0 Å². The number of fused-ring (bicyclic) bond motifs is 1. The number of hydrogen-bond donors (Lipinski definition) is 0. The zero-order valence-electron chi connectivity index (χ0n) is 19.9. The van der Waals surface area contributed by atoms with E-state index in [0.29, 0.717) is 30.8 Å². The van der Waals surface area contributed by atoms with Crippen molar-refractivity contribution in [2.24, 2.45) is 10.1 Å². The molecule has 0 spiro atoms. The van der Waals surface area contributed by atoms with Gasteiger partial charge in [0, 0.05) is 23.1 Å². The Labute approximate surface area is 213 Å². The Kier molecular flexibility index (Phi) is 7.84. The van der Waals surface area contributed by atoms with Gasteiger partial charge >= 0.3 is 6.36 Å². The lowest BCUT2D eigenvalue weighted by Gasteiger charge is -2.10. The third-order valence-electron chi connectivity index (χ3n) is 5.92. The lowest BCUT2D eigenvalue weighted by Crippen LogP contribution is -2.17. The molecule has 186 valence electrons. The van der Waals surface area contributed by atoms with Crippen molar-refractivity contribution in [3.63, 3.8) is 0 Å². The van der Waals surface area contributed by atoms with Crippen molar-refractivity contribution in [2.45, 2.75) is 39.5 Å². The number of hydrogen-bond acceptors (Lipinski definition) is 5. The average Bonchev–Trinajstić information content (AvgIpc) is 3.22. The van der Waals surface area contributed by atoms with E-state index in [0.717, 1.165) is 28.0 Å². The first-order chi connectivity index (χ1) is 17.2. The summed E-state index contributed by atoms with van der Waals surface area (Å²) in [5.41, 5.74) is 6.86. The lowest BCUT2D eigenvalue weighted by molar-refractivity contribution is -0.274. The van der Waals surface area contributed by atoms with Crippen LogP contribution in [0.15, 0.2) is 70.8 Å². The van der Waals surface area contributed by atoms with E-state index in [1.54, 1.807) is 24.4 Å². The third-order valence-corrected chi connectivity index (χ3v) is 6.19. The molecule has 0 saturated carbocycles. The van der Waals surface area contributed by atoms with Crippen LogP contribution in [0.1, 0.15) is 39.8 Å². The number of alkyl halides is 3. The SMILES string of the molecule is Cc1cccc(C)c1CC(=S)CN=Cc1ccc(O/N=C2\CCc3cc(OC(F)(F)F)ccc32)cc1. The van der Waals surface area contributed by atoms with E-state index in [1.165, 1.54) is 28.8 Å². The van der Waals surface area contributed by atoms with E-state index in [-0.39, 0.29) is 5.75 Å². The van der Waals surface area contributed by atoms with Crippen molar-refractivity contribution in [1.82, 2.24) is 0 Å². The van der Waals surface area contributed by atoms with Crippen LogP contribution >= 0.6 is 12.2 Å². The Morgan fingerprint density at radius 1 is 0.972 bits per heavy atom. The summed E-state index contributed by atoms with van der Waals surface area (Å²) in [6.07, 6.45) is -1.04. The van der Waals surface area contributed by atoms with Gasteiger partial charge in [-0.1, -0.05) is 35.6 Å². The van der Waals surface area contributed by atoms with Crippen molar-refractivity contribution in [1.29, 1.82) is 0 Å². The minimum atomic E-state index is -4.71. The van der Waals surface area contributed by atoms with E-state index in [1.807, 2.05) is 18.2 Å². The molecule has 1 aliphatic rings. The average molecular weight is 511 g/mol. The monoisotopic (exact) mass is 510 g/mol. The summed E-state index contributed by atoms with van der Waals surface area (Å²) in [5.74, 6) is 0.322. The first-order valence-electron chi connectivity index (χ1n) is 11.5. The van der Waals surface area contributed by atoms with E-state index in [4.69, 9.17) is 17.1 Å². The fourth-order valence-corrected chi connectivity index (χ4v) is 4.31. The lowest BCUT2D eigenvalue weighted by atomic mass is 9.99. The Morgan fingerprint density at radius 3 is 2.36 bits per heavy atom. The second-order valence-corrected chi connectivity index (χ2v) is 9.20. The molecule has 0 aromatic heterocycles. The van der Waals surface area contributed by atoms with Gasteiger partial charge in [-0.25, -0.2) is 0 Å². The zero-order valence-corrected chi connectivity index (χ0v) is 20.7. The molecule has 0 heterocycles. The van der Waals surface area contributed by atoms with Crippen molar-refractivity contribution >= 4 is 29.0 Å². The van der Waals surface area contributed by atoms with Crippen molar-refractivity contribution < 1.29 is 22.7 Å². The van der Waals surface area contributed by atoms with Crippen molar-refractivity contribution in [3.8, 4) is 11.5 Å². The molecule has 0 saturated heterocycles. The molecular weight excluding hydrogens is 485 g/mol. The number of aliphatic imine (C=N–C) groups is 1. The molecule has 0 unspecified atom stereocenters. The minimum Gasteiger partial charge on any atom is -0.406 e. The van der Waals surface area contributed by atoms with Gasteiger partial charge < -0.3 is 9.57 Å². The van der Waals surface area contributed by atoms with Crippen LogP contribution in [0.2, 0.25) is 0 Å². The molecule has 0 amide bonds. The fraction of sp³-hybridized carbons (Fsp3) is 0.250. The zero-order chi connectivity index (χ0) is 25.7. The summed E-state index contributed by atoms with van der Waals surface area (Å²) >= 11 is 5.53. The van der Waals surface area contributed by atoms with Crippen LogP contribution in [-0.2, 0) is 12.8 Å². The molecule has 0 atom stereocenters. The highest BCUT2D eigenvalue weighted by Crippen LogP contribution is 2.30. The number of nitrogens with zero attached hydrogens (tertiary/aromatic N) is 2. The van der Waals surface area contributed by atoms with Crippen LogP contribution in [-0.4, -0.2) is 29.7 Å². The first kappa shape index (κ1) is 25.6.